The van der Waals surface area contributed by atoms with Gasteiger partial charge in [0.05, 0.1) is 11.3 Å². The summed E-state index contributed by atoms with van der Waals surface area (Å²) in [6, 6.07) is 15.5. The Balaban J connectivity index is 1.23. The Morgan fingerprint density at radius 2 is 1.59 bits per heavy atom. The van der Waals surface area contributed by atoms with E-state index in [0.29, 0.717) is 42.2 Å². The van der Waals surface area contributed by atoms with Crippen LogP contribution in [0.25, 0.3) is 11.4 Å². The lowest BCUT2D eigenvalue weighted by Crippen LogP contribution is -2.39. The van der Waals surface area contributed by atoms with E-state index in [2.05, 4.69) is 27.2 Å². The minimum Gasteiger partial charge on any atom is -0.371 e. The van der Waals surface area contributed by atoms with Gasteiger partial charge in [0.1, 0.15) is 0 Å². The first kappa shape index (κ1) is 23.0. The van der Waals surface area contributed by atoms with Crippen LogP contribution in [-0.4, -0.2) is 55.1 Å². The van der Waals surface area contributed by atoms with Crippen molar-refractivity contribution in [3.05, 3.63) is 60.0 Å². The SMILES string of the molecule is NC1CCN(c2ccc(-c3noc(Cc4ccc(S(=O)(=O)N5CCCCC5)cc4)n3)cc2)CC1. The minimum absolute atomic E-state index is 0.309. The lowest BCUT2D eigenvalue weighted by Gasteiger charge is -2.32. The van der Waals surface area contributed by atoms with E-state index in [1.165, 1.54) is 5.69 Å². The van der Waals surface area contributed by atoms with Crippen LogP contribution in [0.1, 0.15) is 43.6 Å². The first-order valence-electron chi connectivity index (χ1n) is 12.0. The fourth-order valence-electron chi connectivity index (χ4n) is 4.63. The van der Waals surface area contributed by atoms with Crippen molar-refractivity contribution in [3.8, 4) is 11.4 Å². The maximum absolute atomic E-state index is 12.8. The molecule has 5 rings (SSSR count). The number of hydrogen-bond acceptors (Lipinski definition) is 7. The number of aromatic nitrogens is 2. The molecule has 0 aliphatic carbocycles. The molecule has 0 unspecified atom stereocenters. The van der Waals surface area contributed by atoms with Gasteiger partial charge in [0, 0.05) is 43.5 Å². The van der Waals surface area contributed by atoms with Gasteiger partial charge in [-0.25, -0.2) is 8.42 Å². The van der Waals surface area contributed by atoms with Gasteiger partial charge in [0.2, 0.25) is 21.7 Å². The van der Waals surface area contributed by atoms with Crippen molar-refractivity contribution in [1.82, 2.24) is 14.4 Å². The van der Waals surface area contributed by atoms with Crippen molar-refractivity contribution in [2.24, 2.45) is 5.73 Å². The second-order valence-electron chi connectivity index (χ2n) is 9.17. The van der Waals surface area contributed by atoms with Gasteiger partial charge in [-0.2, -0.15) is 9.29 Å². The highest BCUT2D eigenvalue weighted by molar-refractivity contribution is 7.89. The molecule has 3 aromatic rings. The predicted octanol–water partition coefficient (Wildman–Crippen LogP) is 3.43. The molecule has 0 saturated carbocycles. The maximum atomic E-state index is 12.8. The summed E-state index contributed by atoms with van der Waals surface area (Å²) in [7, 11) is -3.43. The third kappa shape index (κ3) is 5.01. The summed E-state index contributed by atoms with van der Waals surface area (Å²) in [5, 5.41) is 4.13. The summed E-state index contributed by atoms with van der Waals surface area (Å²) in [6.07, 6.45) is 5.42. The Hall–Kier alpha value is -2.75. The van der Waals surface area contributed by atoms with Gasteiger partial charge in [-0.15, -0.1) is 0 Å². The summed E-state index contributed by atoms with van der Waals surface area (Å²) < 4.78 is 32.7. The molecule has 0 radical (unpaired) electrons. The molecule has 0 bridgehead atoms. The molecule has 2 aliphatic rings. The minimum atomic E-state index is -3.43. The van der Waals surface area contributed by atoms with Crippen LogP contribution >= 0.6 is 0 Å². The highest BCUT2D eigenvalue weighted by Crippen LogP contribution is 2.25. The van der Waals surface area contributed by atoms with Crippen LogP contribution in [0.5, 0.6) is 0 Å². The normalized spacial score (nSPS) is 18.3. The van der Waals surface area contributed by atoms with Gasteiger partial charge in [-0.05, 0) is 67.6 Å². The number of rotatable bonds is 6. The van der Waals surface area contributed by atoms with E-state index in [4.69, 9.17) is 10.3 Å². The molecule has 0 spiro atoms. The molecular weight excluding hydrogens is 450 g/mol. The number of anilines is 1. The maximum Gasteiger partial charge on any atom is 0.243 e. The van der Waals surface area contributed by atoms with Crippen molar-refractivity contribution in [1.29, 1.82) is 0 Å². The molecule has 2 fully saturated rings. The van der Waals surface area contributed by atoms with E-state index in [0.717, 1.165) is 56.3 Å². The second kappa shape index (κ2) is 9.85. The Labute approximate surface area is 200 Å². The Bertz CT molecular complexity index is 1190. The summed E-state index contributed by atoms with van der Waals surface area (Å²) in [6.45, 7) is 3.15. The molecule has 180 valence electrons. The highest BCUT2D eigenvalue weighted by atomic mass is 32.2. The molecule has 2 N–H and O–H groups in total. The fraction of sp³-hybridized carbons (Fsp3) is 0.440. The van der Waals surface area contributed by atoms with Crippen LogP contribution in [0, 0.1) is 0 Å². The van der Waals surface area contributed by atoms with Crippen molar-refractivity contribution in [3.63, 3.8) is 0 Å². The first-order valence-corrected chi connectivity index (χ1v) is 13.5. The molecule has 0 atom stereocenters. The van der Waals surface area contributed by atoms with Crippen molar-refractivity contribution < 1.29 is 12.9 Å². The lowest BCUT2D eigenvalue weighted by atomic mass is 10.1. The van der Waals surface area contributed by atoms with Crippen LogP contribution < -0.4 is 10.6 Å². The zero-order chi connectivity index (χ0) is 23.5. The molecule has 3 heterocycles. The van der Waals surface area contributed by atoms with E-state index in [1.807, 2.05) is 24.3 Å². The number of nitrogens with two attached hydrogens (primary N) is 1. The van der Waals surface area contributed by atoms with Gasteiger partial charge in [-0.3, -0.25) is 0 Å². The Morgan fingerprint density at radius 3 is 2.26 bits per heavy atom. The fourth-order valence-corrected chi connectivity index (χ4v) is 6.15. The number of hydrogen-bond donors (Lipinski definition) is 1. The van der Waals surface area contributed by atoms with Gasteiger partial charge < -0.3 is 15.2 Å². The van der Waals surface area contributed by atoms with Gasteiger partial charge in [0.15, 0.2) is 0 Å². The summed E-state index contributed by atoms with van der Waals surface area (Å²) in [4.78, 5) is 7.22. The number of sulfonamides is 1. The summed E-state index contributed by atoms with van der Waals surface area (Å²) in [5.41, 5.74) is 9.01. The van der Waals surface area contributed by atoms with Crippen molar-refractivity contribution in [2.45, 2.75) is 49.5 Å². The number of nitrogens with zero attached hydrogens (tertiary/aromatic N) is 4. The third-order valence-electron chi connectivity index (χ3n) is 6.73. The average Bonchev–Trinajstić information content (AvgIpc) is 3.34. The van der Waals surface area contributed by atoms with Crippen molar-refractivity contribution >= 4 is 15.7 Å². The van der Waals surface area contributed by atoms with E-state index in [9.17, 15) is 8.42 Å². The molecule has 2 saturated heterocycles. The molecule has 34 heavy (non-hydrogen) atoms. The van der Waals surface area contributed by atoms with Crippen LogP contribution in [0.3, 0.4) is 0 Å². The zero-order valence-electron chi connectivity index (χ0n) is 19.3. The molecular formula is C25H31N5O3S. The lowest BCUT2D eigenvalue weighted by molar-refractivity contribution is 0.346. The number of benzene rings is 2. The molecule has 8 nitrogen and oxygen atoms in total. The van der Waals surface area contributed by atoms with Crippen molar-refractivity contribution in [2.75, 3.05) is 31.1 Å². The number of piperidine rings is 2. The van der Waals surface area contributed by atoms with E-state index >= 15 is 0 Å². The largest absolute Gasteiger partial charge is 0.371 e. The van der Waals surface area contributed by atoms with Crippen LogP contribution in [0.15, 0.2) is 57.9 Å². The summed E-state index contributed by atoms with van der Waals surface area (Å²) >= 11 is 0. The van der Waals surface area contributed by atoms with Gasteiger partial charge >= 0.3 is 0 Å². The molecule has 1 aromatic heterocycles. The van der Waals surface area contributed by atoms with Crippen LogP contribution in [0.4, 0.5) is 5.69 Å². The van der Waals surface area contributed by atoms with Gasteiger partial charge in [-0.1, -0.05) is 23.7 Å². The molecule has 2 aromatic carbocycles. The third-order valence-corrected chi connectivity index (χ3v) is 8.64. The Kier molecular flexibility index (Phi) is 6.67. The van der Waals surface area contributed by atoms with Crippen LogP contribution in [0.2, 0.25) is 0 Å². The average molecular weight is 482 g/mol. The van der Waals surface area contributed by atoms with E-state index < -0.39 is 10.0 Å². The highest BCUT2D eigenvalue weighted by Gasteiger charge is 2.25. The summed E-state index contributed by atoms with van der Waals surface area (Å²) in [5.74, 6) is 1.04. The van der Waals surface area contributed by atoms with Crippen LogP contribution in [-0.2, 0) is 16.4 Å². The van der Waals surface area contributed by atoms with E-state index in [-0.39, 0.29) is 0 Å². The molecule has 9 heteroatoms. The van der Waals surface area contributed by atoms with E-state index in [1.54, 1.807) is 16.4 Å². The second-order valence-corrected chi connectivity index (χ2v) is 11.1. The monoisotopic (exact) mass is 481 g/mol. The van der Waals surface area contributed by atoms with Gasteiger partial charge in [0.25, 0.3) is 0 Å². The quantitative estimate of drug-likeness (QED) is 0.575. The standard InChI is InChI=1S/C25H31N5O3S/c26-21-12-16-29(17-13-21)22-8-6-20(7-9-22)25-27-24(33-28-25)18-19-4-10-23(11-5-19)34(31,32)30-14-2-1-3-15-30/h4-11,21H,1-3,12-18,26H2. The smallest absolute Gasteiger partial charge is 0.243 e. The predicted molar refractivity (Wildman–Crippen MR) is 131 cm³/mol. The molecule has 2 aliphatic heterocycles. The zero-order valence-corrected chi connectivity index (χ0v) is 20.1. The first-order chi connectivity index (χ1) is 16.5. The molecule has 0 amide bonds. The Morgan fingerprint density at radius 1 is 0.912 bits per heavy atom. The topological polar surface area (TPSA) is 106 Å².